The van der Waals surface area contributed by atoms with Crippen molar-refractivity contribution in [2.45, 2.75) is 17.2 Å². The fourth-order valence-corrected chi connectivity index (χ4v) is 4.74. The Bertz CT molecular complexity index is 1160. The lowest BCUT2D eigenvalue weighted by molar-refractivity contribution is 0.0563. The molecule has 3 heterocycles. The van der Waals surface area contributed by atoms with Crippen LogP contribution in [0.2, 0.25) is 0 Å². The Hall–Kier alpha value is -2.97. The number of benzene rings is 1. The predicted molar refractivity (Wildman–Crippen MR) is 118 cm³/mol. The van der Waals surface area contributed by atoms with Crippen LogP contribution in [0.15, 0.2) is 69.4 Å². The summed E-state index contributed by atoms with van der Waals surface area (Å²) in [4.78, 5) is 25.5. The fourth-order valence-electron chi connectivity index (χ4n) is 3.11. The number of thiophene rings is 1. The molecule has 3 aromatic heterocycles. The number of hydrogen-bond acceptors (Lipinski definition) is 6. The average Bonchev–Trinajstić information content (AvgIpc) is 3.52. The molecule has 0 aliphatic rings. The zero-order valence-electron chi connectivity index (χ0n) is 16.3. The van der Waals surface area contributed by atoms with E-state index in [0.29, 0.717) is 29.5 Å². The molecule has 1 aromatic carbocycles. The number of ether oxygens (including phenoxy) is 1. The van der Waals surface area contributed by atoms with E-state index in [-0.39, 0.29) is 11.7 Å². The molecule has 4 rings (SSSR count). The van der Waals surface area contributed by atoms with Crippen LogP contribution in [0.1, 0.15) is 26.0 Å². The van der Waals surface area contributed by atoms with Crippen molar-refractivity contribution < 1.29 is 18.7 Å². The maximum Gasteiger partial charge on any atom is 0.373 e. The Morgan fingerprint density at radius 3 is 2.83 bits per heavy atom. The number of nitrogens with one attached hydrogen (secondary N) is 1. The number of nitrogens with zero attached hydrogens (tertiary/aromatic N) is 1. The summed E-state index contributed by atoms with van der Waals surface area (Å²) in [7, 11) is 1.33. The third-order valence-electron chi connectivity index (χ3n) is 4.55. The van der Waals surface area contributed by atoms with Crippen molar-refractivity contribution in [3.05, 3.63) is 76.5 Å². The monoisotopic (exact) mass is 440 g/mol. The van der Waals surface area contributed by atoms with Gasteiger partial charge in [0.2, 0.25) is 5.76 Å². The van der Waals surface area contributed by atoms with Crippen LogP contribution in [-0.4, -0.2) is 30.1 Å². The Morgan fingerprint density at radius 2 is 2.03 bits per heavy atom. The first kappa shape index (κ1) is 20.3. The van der Waals surface area contributed by atoms with E-state index in [1.54, 1.807) is 23.9 Å². The maximum absolute atomic E-state index is 12.1. The minimum Gasteiger partial charge on any atom is -0.463 e. The zero-order chi connectivity index (χ0) is 20.9. The van der Waals surface area contributed by atoms with E-state index in [1.807, 2.05) is 29.6 Å². The molecule has 0 saturated carbocycles. The minimum absolute atomic E-state index is 0.0460. The lowest BCUT2D eigenvalue weighted by atomic mass is 10.2. The van der Waals surface area contributed by atoms with Gasteiger partial charge in [-0.25, -0.2) is 4.79 Å². The molecule has 8 heteroatoms. The smallest absolute Gasteiger partial charge is 0.373 e. The Balaban J connectivity index is 1.43. The van der Waals surface area contributed by atoms with Crippen molar-refractivity contribution in [1.82, 2.24) is 9.88 Å². The summed E-state index contributed by atoms with van der Waals surface area (Å²) >= 11 is 3.08. The predicted octanol–water partition coefficient (Wildman–Crippen LogP) is 4.80. The van der Waals surface area contributed by atoms with E-state index in [0.717, 1.165) is 15.8 Å². The van der Waals surface area contributed by atoms with E-state index in [4.69, 9.17) is 4.42 Å². The number of methoxy groups -OCH3 is 1. The SMILES string of the molecule is COC(=O)c1ccc(CSc2cn(CCNC(=O)c3cccs3)c3ccccc23)o1. The Morgan fingerprint density at radius 1 is 1.17 bits per heavy atom. The number of para-hydroxylation sites is 1. The van der Waals surface area contributed by atoms with Crippen molar-refractivity contribution in [1.29, 1.82) is 0 Å². The van der Waals surface area contributed by atoms with Gasteiger partial charge in [0.1, 0.15) is 5.76 Å². The molecule has 0 saturated heterocycles. The average molecular weight is 441 g/mol. The molecule has 6 nitrogen and oxygen atoms in total. The van der Waals surface area contributed by atoms with Gasteiger partial charge in [-0.05, 0) is 29.6 Å². The number of thioether (sulfide) groups is 1. The number of carbonyl (C=O) groups excluding carboxylic acids is 2. The number of aromatic nitrogens is 1. The van der Waals surface area contributed by atoms with Gasteiger partial charge >= 0.3 is 5.97 Å². The molecule has 0 aliphatic carbocycles. The standard InChI is InChI=1S/C22H20N2O4S2/c1-27-22(26)18-9-8-15(28-18)14-30-20-13-24(17-6-3-2-5-16(17)20)11-10-23-21(25)19-7-4-12-29-19/h2-9,12-13H,10-11,14H2,1H3,(H,23,25). The number of furan rings is 1. The second kappa shape index (κ2) is 9.23. The number of carbonyl (C=O) groups is 2. The molecule has 0 bridgehead atoms. The fraction of sp³-hybridized carbons (Fsp3) is 0.182. The van der Waals surface area contributed by atoms with Gasteiger partial charge in [-0.3, -0.25) is 4.79 Å². The van der Waals surface area contributed by atoms with Crippen molar-refractivity contribution in [3.63, 3.8) is 0 Å². The third kappa shape index (κ3) is 4.44. The topological polar surface area (TPSA) is 73.5 Å². The highest BCUT2D eigenvalue weighted by Crippen LogP contribution is 2.32. The van der Waals surface area contributed by atoms with E-state index < -0.39 is 5.97 Å². The quantitative estimate of drug-likeness (QED) is 0.315. The first-order valence-corrected chi connectivity index (χ1v) is 11.2. The molecule has 0 radical (unpaired) electrons. The van der Waals surface area contributed by atoms with Crippen molar-refractivity contribution >= 4 is 45.9 Å². The molecule has 4 aromatic rings. The Labute approximate surface area is 181 Å². The van der Waals surface area contributed by atoms with Crippen LogP contribution in [0.4, 0.5) is 0 Å². The molecule has 154 valence electrons. The van der Waals surface area contributed by atoms with Crippen LogP contribution in [0.25, 0.3) is 10.9 Å². The first-order valence-electron chi connectivity index (χ1n) is 9.35. The van der Waals surface area contributed by atoms with Gasteiger partial charge in [0.05, 0.1) is 17.7 Å². The highest BCUT2D eigenvalue weighted by Gasteiger charge is 2.13. The lowest BCUT2D eigenvalue weighted by Gasteiger charge is -2.06. The van der Waals surface area contributed by atoms with Gasteiger partial charge in [-0.1, -0.05) is 24.3 Å². The van der Waals surface area contributed by atoms with Gasteiger partial charge in [-0.2, -0.15) is 0 Å². The van der Waals surface area contributed by atoms with Gasteiger partial charge in [0.15, 0.2) is 0 Å². The van der Waals surface area contributed by atoms with Gasteiger partial charge in [-0.15, -0.1) is 23.1 Å². The summed E-state index contributed by atoms with van der Waals surface area (Å²) in [5.74, 6) is 0.986. The van der Waals surface area contributed by atoms with Gasteiger partial charge in [0.25, 0.3) is 5.91 Å². The lowest BCUT2D eigenvalue weighted by Crippen LogP contribution is -2.26. The largest absolute Gasteiger partial charge is 0.463 e. The minimum atomic E-state index is -0.479. The number of esters is 1. The summed E-state index contributed by atoms with van der Waals surface area (Å²) in [6.45, 7) is 1.21. The maximum atomic E-state index is 12.1. The van der Waals surface area contributed by atoms with Crippen molar-refractivity contribution in [2.75, 3.05) is 13.7 Å². The number of fused-ring (bicyclic) bond motifs is 1. The normalized spacial score (nSPS) is 11.0. The second-order valence-electron chi connectivity index (χ2n) is 6.48. The molecule has 0 spiro atoms. The van der Waals surface area contributed by atoms with Crippen LogP contribution in [0.3, 0.4) is 0 Å². The molecule has 1 N–H and O–H groups in total. The van der Waals surface area contributed by atoms with E-state index in [1.165, 1.54) is 18.4 Å². The molecule has 0 aliphatic heterocycles. The summed E-state index contributed by atoms with van der Waals surface area (Å²) < 4.78 is 12.4. The van der Waals surface area contributed by atoms with Crippen LogP contribution in [0, 0.1) is 0 Å². The summed E-state index contributed by atoms with van der Waals surface area (Å²) in [5, 5.41) is 6.01. The Kier molecular flexibility index (Phi) is 6.25. The van der Waals surface area contributed by atoms with E-state index in [9.17, 15) is 9.59 Å². The van der Waals surface area contributed by atoms with E-state index in [2.05, 4.69) is 33.0 Å². The second-order valence-corrected chi connectivity index (χ2v) is 8.45. The van der Waals surface area contributed by atoms with Crippen LogP contribution in [-0.2, 0) is 17.0 Å². The van der Waals surface area contributed by atoms with Gasteiger partial charge in [0, 0.05) is 35.1 Å². The highest BCUT2D eigenvalue weighted by molar-refractivity contribution is 7.98. The van der Waals surface area contributed by atoms with E-state index >= 15 is 0 Å². The van der Waals surface area contributed by atoms with Crippen LogP contribution < -0.4 is 5.32 Å². The summed E-state index contributed by atoms with van der Waals surface area (Å²) in [5.41, 5.74) is 1.11. The molecule has 0 unspecified atom stereocenters. The molecular weight excluding hydrogens is 420 g/mol. The number of rotatable bonds is 8. The summed E-state index contributed by atoms with van der Waals surface area (Å²) in [6.07, 6.45) is 2.09. The first-order chi connectivity index (χ1) is 14.7. The number of amides is 1. The summed E-state index contributed by atoms with van der Waals surface area (Å²) in [6, 6.07) is 15.3. The molecular formula is C22H20N2O4S2. The zero-order valence-corrected chi connectivity index (χ0v) is 17.9. The van der Waals surface area contributed by atoms with Crippen molar-refractivity contribution in [2.24, 2.45) is 0 Å². The highest BCUT2D eigenvalue weighted by atomic mass is 32.2. The molecule has 30 heavy (non-hydrogen) atoms. The van der Waals surface area contributed by atoms with Crippen molar-refractivity contribution in [3.8, 4) is 0 Å². The molecule has 1 amide bonds. The third-order valence-corrected chi connectivity index (χ3v) is 6.49. The number of hydrogen-bond donors (Lipinski definition) is 1. The van der Waals surface area contributed by atoms with Gasteiger partial charge < -0.3 is 19.0 Å². The van der Waals surface area contributed by atoms with Crippen LogP contribution in [0.5, 0.6) is 0 Å². The van der Waals surface area contributed by atoms with Crippen LogP contribution >= 0.6 is 23.1 Å². The molecule has 0 fully saturated rings. The molecule has 0 atom stereocenters.